The van der Waals surface area contributed by atoms with Crippen molar-refractivity contribution in [1.82, 2.24) is 20.0 Å². The molecule has 6 aliphatic rings. The van der Waals surface area contributed by atoms with Crippen LogP contribution in [0.5, 0.6) is 5.75 Å². The van der Waals surface area contributed by atoms with Gasteiger partial charge in [-0.25, -0.2) is 0 Å². The first-order valence-electron chi connectivity index (χ1n) is 21.3. The standard InChI is InChI=1S/C46H56ClN7O5/c1-45(2)43(46(3,4)44(45)59-38-11-5-29(24-48)21-36(38)47)54-27-31-23-32(6-9-35(31)42(54)58)51-15-13-28(14-16-51)25-50-17-19-52(20-18-50)33-7-8-34-30(22-33)26-53(41(34)57)37-10-12-39(55)49-40(37)56/h5-9,11,21-23,28,37,39-40,43-44,49,55-56H,10,12-20,25-27H2,1-4H3/t37-,39-,40-,43?,44?/m1/s1. The van der Waals surface area contributed by atoms with Gasteiger partial charge in [0.2, 0.25) is 0 Å². The molecule has 5 aliphatic heterocycles. The van der Waals surface area contributed by atoms with Gasteiger partial charge in [0, 0.05) is 98.3 Å². The molecule has 0 unspecified atom stereocenters. The topological polar surface area (TPSA) is 136 Å². The van der Waals surface area contributed by atoms with Crippen molar-refractivity contribution in [3.8, 4) is 11.8 Å². The molecule has 3 saturated heterocycles. The number of carbonyl (C=O) groups is 2. The number of nitrogens with one attached hydrogen (secondary N) is 1. The molecule has 9 rings (SSSR count). The maximum Gasteiger partial charge on any atom is 0.254 e. The summed E-state index contributed by atoms with van der Waals surface area (Å²) >= 11 is 6.50. The molecule has 3 atom stereocenters. The summed E-state index contributed by atoms with van der Waals surface area (Å²) in [7, 11) is 0. The molecule has 12 nitrogen and oxygen atoms in total. The number of aliphatic hydroxyl groups is 2. The second-order valence-electron chi connectivity index (χ2n) is 18.8. The summed E-state index contributed by atoms with van der Waals surface area (Å²) in [5, 5.41) is 32.8. The van der Waals surface area contributed by atoms with Crippen LogP contribution in [0, 0.1) is 28.1 Å². The molecule has 3 N–H and O–H groups in total. The van der Waals surface area contributed by atoms with Crippen LogP contribution in [0.1, 0.15) is 90.8 Å². The van der Waals surface area contributed by atoms with E-state index in [-0.39, 0.29) is 40.8 Å². The third-order valence-electron chi connectivity index (χ3n) is 14.3. The third kappa shape index (κ3) is 7.12. The van der Waals surface area contributed by atoms with E-state index in [4.69, 9.17) is 16.3 Å². The molecule has 3 aromatic carbocycles. The summed E-state index contributed by atoms with van der Waals surface area (Å²) in [5.74, 6) is 1.24. The maximum atomic E-state index is 13.9. The first-order chi connectivity index (χ1) is 28.2. The van der Waals surface area contributed by atoms with Crippen molar-refractivity contribution in [3.05, 3.63) is 87.4 Å². The molecule has 3 aromatic rings. The number of hydrogen-bond donors (Lipinski definition) is 3. The summed E-state index contributed by atoms with van der Waals surface area (Å²) in [4.78, 5) is 38.5. The molecule has 0 aromatic heterocycles. The van der Waals surface area contributed by atoms with Gasteiger partial charge in [-0.05, 0) is 97.3 Å². The third-order valence-corrected chi connectivity index (χ3v) is 14.6. The second-order valence-corrected chi connectivity index (χ2v) is 19.2. The second kappa shape index (κ2) is 15.3. The number of aliphatic hydroxyl groups excluding tert-OH is 2. The summed E-state index contributed by atoms with van der Waals surface area (Å²) < 4.78 is 6.52. The summed E-state index contributed by atoms with van der Waals surface area (Å²) in [6, 6.07) is 19.4. The number of nitrogens with zero attached hydrogens (tertiary/aromatic N) is 6. The number of amides is 2. The number of ether oxygens (including phenoxy) is 1. The van der Waals surface area contributed by atoms with Crippen molar-refractivity contribution in [2.75, 3.05) is 55.6 Å². The molecule has 1 saturated carbocycles. The number of hydrogen-bond acceptors (Lipinski definition) is 10. The first-order valence-corrected chi connectivity index (χ1v) is 21.7. The number of carbonyl (C=O) groups excluding carboxylic acids is 2. The fourth-order valence-electron chi connectivity index (χ4n) is 11.7. The Bertz CT molecular complexity index is 2160. The zero-order valence-corrected chi connectivity index (χ0v) is 35.3. The molecular formula is C46H56ClN7O5. The van der Waals surface area contributed by atoms with E-state index in [9.17, 15) is 25.1 Å². The molecule has 1 aliphatic carbocycles. The first kappa shape index (κ1) is 40.0. The molecule has 59 heavy (non-hydrogen) atoms. The summed E-state index contributed by atoms with van der Waals surface area (Å²) in [6.45, 7) is 16.7. The fraction of sp³-hybridized carbons (Fsp3) is 0.543. The Balaban J connectivity index is 0.759. The SMILES string of the molecule is CC1(C)C(Oc2ccc(C#N)cc2Cl)C(C)(C)C1N1Cc2cc(N3CCC(CN4CCN(c5ccc6c(c5)CN([C@@H]5CC[C@@H](O)N[C@@H]5O)C6=O)CC4)CC3)ccc2C1=O. The largest absolute Gasteiger partial charge is 0.488 e. The van der Waals surface area contributed by atoms with Crippen molar-refractivity contribution in [2.45, 2.75) is 97.1 Å². The van der Waals surface area contributed by atoms with E-state index < -0.39 is 12.5 Å². The lowest BCUT2D eigenvalue weighted by Crippen LogP contribution is -2.74. The van der Waals surface area contributed by atoms with E-state index in [1.165, 1.54) is 5.69 Å². The zero-order chi connectivity index (χ0) is 41.4. The summed E-state index contributed by atoms with van der Waals surface area (Å²) in [5.41, 5.74) is 5.77. The van der Waals surface area contributed by atoms with Gasteiger partial charge in [-0.2, -0.15) is 5.26 Å². The van der Waals surface area contributed by atoms with Crippen LogP contribution in [-0.4, -0.2) is 113 Å². The predicted molar refractivity (Wildman–Crippen MR) is 226 cm³/mol. The molecule has 4 fully saturated rings. The number of halogens is 1. The normalized spacial score (nSPS) is 28.0. The number of piperidine rings is 2. The van der Waals surface area contributed by atoms with Gasteiger partial charge in [-0.15, -0.1) is 0 Å². The van der Waals surface area contributed by atoms with Crippen LogP contribution >= 0.6 is 11.6 Å². The number of fused-ring (bicyclic) bond motifs is 2. The van der Waals surface area contributed by atoms with Crippen molar-refractivity contribution < 1.29 is 24.5 Å². The minimum absolute atomic E-state index is 0.0276. The van der Waals surface area contributed by atoms with Gasteiger partial charge in [0.25, 0.3) is 11.8 Å². The zero-order valence-electron chi connectivity index (χ0n) is 34.5. The summed E-state index contributed by atoms with van der Waals surface area (Å²) in [6.07, 6.45) is 1.49. The molecule has 13 heteroatoms. The molecule has 5 heterocycles. The number of nitriles is 1. The van der Waals surface area contributed by atoms with Crippen LogP contribution < -0.4 is 19.9 Å². The van der Waals surface area contributed by atoms with Crippen LogP contribution in [0.4, 0.5) is 11.4 Å². The van der Waals surface area contributed by atoms with Crippen LogP contribution in [-0.2, 0) is 13.1 Å². The van der Waals surface area contributed by atoms with Gasteiger partial charge < -0.3 is 34.5 Å². The average molecular weight is 822 g/mol. The molecule has 2 amide bonds. The van der Waals surface area contributed by atoms with Crippen molar-refractivity contribution in [3.63, 3.8) is 0 Å². The van der Waals surface area contributed by atoms with E-state index >= 15 is 0 Å². The van der Waals surface area contributed by atoms with E-state index in [1.54, 1.807) is 23.1 Å². The number of benzene rings is 3. The number of piperazine rings is 1. The van der Waals surface area contributed by atoms with E-state index in [2.05, 4.69) is 82.9 Å². The Morgan fingerprint density at radius 2 is 1.37 bits per heavy atom. The monoisotopic (exact) mass is 821 g/mol. The maximum absolute atomic E-state index is 13.9. The van der Waals surface area contributed by atoms with Gasteiger partial charge in [0.05, 0.1) is 22.7 Å². The lowest BCUT2D eigenvalue weighted by molar-refractivity contribution is -0.199. The van der Waals surface area contributed by atoms with Crippen LogP contribution in [0.15, 0.2) is 54.6 Å². The molecule has 312 valence electrons. The Hall–Kier alpha value is -4.38. The average Bonchev–Trinajstić information content (AvgIpc) is 3.71. The molecule has 0 spiro atoms. The number of rotatable bonds is 8. The highest BCUT2D eigenvalue weighted by molar-refractivity contribution is 6.32. The number of anilines is 2. The minimum Gasteiger partial charge on any atom is -0.488 e. The van der Waals surface area contributed by atoms with Crippen molar-refractivity contribution >= 4 is 34.8 Å². The van der Waals surface area contributed by atoms with Crippen molar-refractivity contribution in [1.29, 1.82) is 5.26 Å². The minimum atomic E-state index is -0.937. The molecule has 0 bridgehead atoms. The van der Waals surface area contributed by atoms with Crippen LogP contribution in [0.3, 0.4) is 0 Å². The van der Waals surface area contributed by atoms with Crippen molar-refractivity contribution in [2.24, 2.45) is 16.7 Å². The fourth-order valence-corrected chi connectivity index (χ4v) is 11.9. The lowest BCUT2D eigenvalue weighted by atomic mass is 9.49. The highest BCUT2D eigenvalue weighted by Crippen LogP contribution is 2.59. The van der Waals surface area contributed by atoms with Gasteiger partial charge in [0.1, 0.15) is 24.3 Å². The van der Waals surface area contributed by atoms with Crippen LogP contribution in [0.25, 0.3) is 0 Å². The van der Waals surface area contributed by atoms with Gasteiger partial charge in [-0.3, -0.25) is 19.8 Å². The highest BCUT2D eigenvalue weighted by atomic mass is 35.5. The molecule has 0 radical (unpaired) electrons. The van der Waals surface area contributed by atoms with E-state index in [1.807, 2.05) is 12.1 Å². The van der Waals surface area contributed by atoms with Gasteiger partial charge in [0.15, 0.2) is 0 Å². The lowest BCUT2D eigenvalue weighted by Gasteiger charge is -2.65. The van der Waals surface area contributed by atoms with E-state index in [0.717, 1.165) is 81.0 Å². The van der Waals surface area contributed by atoms with E-state index in [0.29, 0.717) is 53.7 Å². The smallest absolute Gasteiger partial charge is 0.254 e. The Morgan fingerprint density at radius 1 is 0.780 bits per heavy atom. The quantitative estimate of drug-likeness (QED) is 0.270. The Morgan fingerprint density at radius 3 is 1.97 bits per heavy atom. The molecular weight excluding hydrogens is 766 g/mol. The van der Waals surface area contributed by atoms with Crippen LogP contribution in [0.2, 0.25) is 5.02 Å². The highest BCUT2D eigenvalue weighted by Gasteiger charge is 2.67. The Labute approximate surface area is 352 Å². The predicted octanol–water partition coefficient (Wildman–Crippen LogP) is 5.43. The van der Waals surface area contributed by atoms with Gasteiger partial charge >= 0.3 is 0 Å². The Kier molecular flexibility index (Phi) is 10.4. The van der Waals surface area contributed by atoms with Gasteiger partial charge in [-0.1, -0.05) is 39.3 Å².